The van der Waals surface area contributed by atoms with Crippen molar-refractivity contribution in [2.24, 2.45) is 0 Å². The summed E-state index contributed by atoms with van der Waals surface area (Å²) in [5.41, 5.74) is 1.35. The first-order valence-corrected chi connectivity index (χ1v) is 6.97. The molecule has 1 fully saturated rings. The summed E-state index contributed by atoms with van der Waals surface area (Å²) < 4.78 is 3.13. The summed E-state index contributed by atoms with van der Waals surface area (Å²) >= 11 is 7.59. The lowest BCUT2D eigenvalue weighted by Crippen LogP contribution is -2.40. The minimum Gasteiger partial charge on any atom is -0.334 e. The highest BCUT2D eigenvalue weighted by Crippen LogP contribution is 2.23. The molecule has 0 aromatic carbocycles. The Morgan fingerprint density at radius 1 is 1.47 bits per heavy atom. The van der Waals surface area contributed by atoms with Crippen molar-refractivity contribution in [3.63, 3.8) is 0 Å². The van der Waals surface area contributed by atoms with E-state index >= 15 is 0 Å². The number of rotatable bonds is 4. The third-order valence-electron chi connectivity index (χ3n) is 3.17. The Hall–Kier alpha value is -0.840. The number of hydrogen-bond acceptors (Lipinski definition) is 3. The van der Waals surface area contributed by atoms with Gasteiger partial charge in [-0.15, -0.1) is 11.3 Å². The molecule has 0 atom stereocenters. The van der Waals surface area contributed by atoms with Crippen molar-refractivity contribution in [2.45, 2.75) is 18.9 Å². The van der Waals surface area contributed by atoms with Crippen molar-refractivity contribution in [2.75, 3.05) is 13.1 Å². The molecule has 0 aliphatic carbocycles. The van der Waals surface area contributed by atoms with Gasteiger partial charge in [-0.2, -0.15) is 0 Å². The van der Waals surface area contributed by atoms with Gasteiger partial charge in [0.25, 0.3) is 0 Å². The van der Waals surface area contributed by atoms with E-state index in [0.29, 0.717) is 5.92 Å². The second-order valence-corrected chi connectivity index (χ2v) is 6.12. The summed E-state index contributed by atoms with van der Waals surface area (Å²) in [6.07, 6.45) is 4.96. The van der Waals surface area contributed by atoms with Gasteiger partial charge in [-0.25, -0.2) is 4.98 Å². The summed E-state index contributed by atoms with van der Waals surface area (Å²) in [6.45, 7) is 3.15. The Morgan fingerprint density at radius 3 is 3.00 bits per heavy atom. The van der Waals surface area contributed by atoms with Crippen LogP contribution in [0.15, 0.2) is 24.7 Å². The number of imidazole rings is 1. The van der Waals surface area contributed by atoms with Crippen LogP contribution in [0.1, 0.15) is 16.5 Å². The summed E-state index contributed by atoms with van der Waals surface area (Å²) in [5, 5.41) is 3.30. The van der Waals surface area contributed by atoms with E-state index in [-0.39, 0.29) is 0 Å². The number of nitrogens with one attached hydrogen (secondary N) is 1. The molecule has 1 aliphatic heterocycles. The SMILES string of the molecule is Clc1ccc(CCn2cncc2C2CNC2)s1. The van der Waals surface area contributed by atoms with Crippen molar-refractivity contribution < 1.29 is 0 Å². The van der Waals surface area contributed by atoms with Gasteiger partial charge in [0, 0.05) is 42.3 Å². The average molecular weight is 268 g/mol. The topological polar surface area (TPSA) is 29.9 Å². The second-order valence-electron chi connectivity index (χ2n) is 4.32. The van der Waals surface area contributed by atoms with Crippen molar-refractivity contribution in [3.8, 4) is 0 Å². The van der Waals surface area contributed by atoms with Gasteiger partial charge < -0.3 is 9.88 Å². The fraction of sp³-hybridized carbons (Fsp3) is 0.417. The van der Waals surface area contributed by atoms with E-state index in [9.17, 15) is 0 Å². The number of hydrogen-bond donors (Lipinski definition) is 1. The maximum Gasteiger partial charge on any atom is 0.0948 e. The van der Waals surface area contributed by atoms with E-state index < -0.39 is 0 Å². The smallest absolute Gasteiger partial charge is 0.0948 e. The highest BCUT2D eigenvalue weighted by Gasteiger charge is 2.22. The highest BCUT2D eigenvalue weighted by atomic mass is 35.5. The molecule has 1 saturated heterocycles. The quantitative estimate of drug-likeness (QED) is 0.923. The Balaban J connectivity index is 1.66. The van der Waals surface area contributed by atoms with Gasteiger partial charge in [-0.3, -0.25) is 0 Å². The van der Waals surface area contributed by atoms with E-state index in [2.05, 4.69) is 20.9 Å². The predicted octanol–water partition coefficient (Wildman–Crippen LogP) is 2.53. The van der Waals surface area contributed by atoms with Gasteiger partial charge in [0.05, 0.1) is 10.7 Å². The molecule has 1 N–H and O–H groups in total. The molecule has 2 aromatic rings. The van der Waals surface area contributed by atoms with Crippen LogP contribution in [0.5, 0.6) is 0 Å². The van der Waals surface area contributed by atoms with Gasteiger partial charge in [-0.05, 0) is 18.6 Å². The Kier molecular flexibility index (Phi) is 3.18. The fourth-order valence-corrected chi connectivity index (χ4v) is 3.15. The Morgan fingerprint density at radius 2 is 2.35 bits per heavy atom. The van der Waals surface area contributed by atoms with Crippen molar-refractivity contribution >= 4 is 22.9 Å². The third-order valence-corrected chi connectivity index (χ3v) is 4.46. The molecular formula is C12H14ClN3S. The Bertz CT molecular complexity index is 501. The van der Waals surface area contributed by atoms with E-state index in [1.807, 2.05) is 18.6 Å². The number of aryl methyl sites for hydroxylation is 2. The van der Waals surface area contributed by atoms with E-state index in [1.54, 1.807) is 11.3 Å². The minimum absolute atomic E-state index is 0.643. The van der Waals surface area contributed by atoms with Crippen molar-refractivity contribution in [1.82, 2.24) is 14.9 Å². The third kappa shape index (κ3) is 2.39. The molecule has 0 saturated carbocycles. The molecule has 3 heterocycles. The standard InChI is InChI=1S/C12H14ClN3S/c13-12-2-1-10(17-12)3-4-16-8-15-7-11(16)9-5-14-6-9/h1-2,7-9,14H,3-6H2. The first-order valence-electron chi connectivity index (χ1n) is 5.78. The van der Waals surface area contributed by atoms with Crippen LogP contribution < -0.4 is 5.32 Å². The lowest BCUT2D eigenvalue weighted by atomic mass is 10.00. The van der Waals surface area contributed by atoms with Crippen LogP contribution in [0, 0.1) is 0 Å². The summed E-state index contributed by atoms with van der Waals surface area (Å²) in [6, 6.07) is 4.07. The Labute approximate surface area is 109 Å². The van der Waals surface area contributed by atoms with E-state index in [0.717, 1.165) is 30.4 Å². The first kappa shape index (κ1) is 11.3. The van der Waals surface area contributed by atoms with E-state index in [1.165, 1.54) is 10.6 Å². The number of thiophene rings is 1. The van der Waals surface area contributed by atoms with E-state index in [4.69, 9.17) is 11.6 Å². The molecule has 3 rings (SSSR count). The second kappa shape index (κ2) is 4.80. The molecule has 0 bridgehead atoms. The molecule has 0 amide bonds. The zero-order valence-electron chi connectivity index (χ0n) is 9.40. The lowest BCUT2D eigenvalue weighted by molar-refractivity contribution is 0.423. The van der Waals surface area contributed by atoms with Crippen molar-refractivity contribution in [3.05, 3.63) is 39.6 Å². The van der Waals surface area contributed by atoms with Crippen LogP contribution in [0.3, 0.4) is 0 Å². The van der Waals surface area contributed by atoms with Gasteiger partial charge in [0.1, 0.15) is 0 Å². The first-order chi connectivity index (χ1) is 8.33. The van der Waals surface area contributed by atoms with Crippen LogP contribution in [0.2, 0.25) is 4.34 Å². The zero-order chi connectivity index (χ0) is 11.7. The molecule has 1 aliphatic rings. The van der Waals surface area contributed by atoms with Crippen LogP contribution in [0.25, 0.3) is 0 Å². The summed E-state index contributed by atoms with van der Waals surface area (Å²) in [7, 11) is 0. The number of halogens is 1. The summed E-state index contributed by atoms with van der Waals surface area (Å²) in [5.74, 6) is 0.643. The zero-order valence-corrected chi connectivity index (χ0v) is 11.0. The molecule has 0 unspecified atom stereocenters. The molecule has 2 aromatic heterocycles. The monoisotopic (exact) mass is 267 g/mol. The number of aromatic nitrogens is 2. The molecule has 90 valence electrons. The predicted molar refractivity (Wildman–Crippen MR) is 70.9 cm³/mol. The molecule has 0 radical (unpaired) electrons. The van der Waals surface area contributed by atoms with Gasteiger partial charge in [0.2, 0.25) is 0 Å². The summed E-state index contributed by atoms with van der Waals surface area (Å²) in [4.78, 5) is 5.59. The normalized spacial score (nSPS) is 16.1. The maximum absolute atomic E-state index is 5.93. The van der Waals surface area contributed by atoms with Crippen LogP contribution in [0.4, 0.5) is 0 Å². The minimum atomic E-state index is 0.643. The van der Waals surface area contributed by atoms with Crippen molar-refractivity contribution in [1.29, 1.82) is 0 Å². The molecule has 3 nitrogen and oxygen atoms in total. The van der Waals surface area contributed by atoms with Gasteiger partial charge >= 0.3 is 0 Å². The highest BCUT2D eigenvalue weighted by molar-refractivity contribution is 7.16. The molecule has 5 heteroatoms. The van der Waals surface area contributed by atoms with Crippen LogP contribution in [-0.2, 0) is 13.0 Å². The average Bonchev–Trinajstić information content (AvgIpc) is 2.82. The largest absolute Gasteiger partial charge is 0.334 e. The molecular weight excluding hydrogens is 254 g/mol. The number of nitrogens with zero attached hydrogens (tertiary/aromatic N) is 2. The van der Waals surface area contributed by atoms with Crippen LogP contribution in [-0.4, -0.2) is 22.6 Å². The molecule has 0 spiro atoms. The lowest BCUT2D eigenvalue weighted by Gasteiger charge is -2.27. The van der Waals surface area contributed by atoms with Gasteiger partial charge in [0.15, 0.2) is 0 Å². The molecule has 17 heavy (non-hydrogen) atoms. The maximum atomic E-state index is 5.93. The fourth-order valence-electron chi connectivity index (χ4n) is 2.07. The van der Waals surface area contributed by atoms with Gasteiger partial charge in [-0.1, -0.05) is 11.6 Å². The van der Waals surface area contributed by atoms with Crippen LogP contribution >= 0.6 is 22.9 Å².